The van der Waals surface area contributed by atoms with Gasteiger partial charge in [0.05, 0.1) is 5.92 Å². The van der Waals surface area contributed by atoms with E-state index in [1.54, 1.807) is 0 Å². The van der Waals surface area contributed by atoms with Crippen LogP contribution in [0.3, 0.4) is 0 Å². The van der Waals surface area contributed by atoms with E-state index in [0.717, 1.165) is 67.8 Å². The van der Waals surface area contributed by atoms with Gasteiger partial charge in [0.2, 0.25) is 0 Å². The number of rotatable bonds is 4. The van der Waals surface area contributed by atoms with E-state index in [1.165, 1.54) is 49.0 Å². The van der Waals surface area contributed by atoms with Crippen molar-refractivity contribution < 1.29 is 9.15 Å². The maximum absolute atomic E-state index is 6.82. The second kappa shape index (κ2) is 16.3. The molecule has 0 N–H and O–H groups in total. The van der Waals surface area contributed by atoms with Crippen LogP contribution in [-0.4, -0.2) is 0 Å². The molecule has 0 saturated heterocycles. The van der Waals surface area contributed by atoms with Gasteiger partial charge >= 0.3 is 0 Å². The molecule has 0 saturated carbocycles. The highest BCUT2D eigenvalue weighted by Crippen LogP contribution is 2.56. The Kier molecular flexibility index (Phi) is 10.4. The first-order valence-corrected chi connectivity index (χ1v) is 23.6. The first-order valence-electron chi connectivity index (χ1n) is 20.4. The normalized spacial score (nSPS) is 14.6. The molecule has 0 fully saturated rings. The van der Waals surface area contributed by atoms with Crippen LogP contribution in [0.4, 0.5) is 0 Å². The first-order chi connectivity index (χ1) is 30.4. The quantitative estimate of drug-likeness (QED) is 0.164. The second-order valence-corrected chi connectivity index (χ2v) is 19.2. The molecule has 0 aliphatic carbocycles. The Labute approximate surface area is 392 Å². The molecule has 2 nitrogen and oxygen atoms in total. The Balaban J connectivity index is 0.000000139. The van der Waals surface area contributed by atoms with Gasteiger partial charge in [0.25, 0.3) is 0 Å². The molecule has 11 aromatic rings. The maximum atomic E-state index is 6.82. The first kappa shape index (κ1) is 39.4. The lowest BCUT2D eigenvalue weighted by Gasteiger charge is -2.20. The van der Waals surface area contributed by atoms with Crippen LogP contribution < -0.4 is 4.74 Å². The van der Waals surface area contributed by atoms with Gasteiger partial charge in [-0.15, -0.1) is 0 Å². The third kappa shape index (κ3) is 6.89. The predicted octanol–water partition coefficient (Wildman–Crippen LogP) is 18.4. The molecule has 0 bridgehead atoms. The van der Waals surface area contributed by atoms with Crippen molar-refractivity contribution in [3.8, 4) is 28.2 Å². The van der Waals surface area contributed by atoms with Gasteiger partial charge in [0.1, 0.15) is 23.2 Å². The standard InChI is InChI=1S/C28H18Br2O.C28H16Br2O/c2*29-19-11-13-21-23(15-19)24-16-20(30)12-14-22(24)28-26(21)25(17-7-3-1-4-8-17)27(31-28)18-9-5-2-6-10-18/h1-16,25,27H;1-16H. The van der Waals surface area contributed by atoms with E-state index in [9.17, 15) is 0 Å². The number of hydrogen-bond acceptors (Lipinski definition) is 2. The Bertz CT molecular complexity index is 3480. The van der Waals surface area contributed by atoms with Crippen molar-refractivity contribution in [1.82, 2.24) is 0 Å². The smallest absolute Gasteiger partial charge is 0.143 e. The van der Waals surface area contributed by atoms with Crippen molar-refractivity contribution in [2.45, 2.75) is 12.0 Å². The summed E-state index contributed by atoms with van der Waals surface area (Å²) in [5.74, 6) is 2.02. The van der Waals surface area contributed by atoms with Gasteiger partial charge in [0, 0.05) is 50.7 Å². The highest BCUT2D eigenvalue weighted by molar-refractivity contribution is 9.11. The molecular formula is C56H34Br4O2. The second-order valence-electron chi connectivity index (χ2n) is 15.6. The molecule has 0 radical (unpaired) electrons. The molecule has 1 aromatic heterocycles. The van der Waals surface area contributed by atoms with Crippen LogP contribution >= 0.6 is 63.7 Å². The maximum Gasteiger partial charge on any atom is 0.143 e. The zero-order valence-electron chi connectivity index (χ0n) is 33.0. The summed E-state index contributed by atoms with van der Waals surface area (Å²) in [5, 5.41) is 10.7. The van der Waals surface area contributed by atoms with Gasteiger partial charge < -0.3 is 9.15 Å². The molecule has 1 aliphatic heterocycles. The average molecular weight is 1060 g/mol. The van der Waals surface area contributed by atoms with Crippen LogP contribution in [-0.2, 0) is 0 Å². The SMILES string of the molecule is Brc1ccc2c(c1)c1cc(Br)ccc1c1c(-c3ccccc3)c(-c3ccccc3)oc21.Brc1ccc2c3c(c4ccc(Br)cc4c2c1)C(c1ccccc1)C(c1ccccc1)O3. The van der Waals surface area contributed by atoms with Gasteiger partial charge in [0.15, 0.2) is 0 Å². The fourth-order valence-electron chi connectivity index (χ4n) is 9.31. The van der Waals surface area contributed by atoms with Crippen molar-refractivity contribution in [2.24, 2.45) is 0 Å². The summed E-state index contributed by atoms with van der Waals surface area (Å²) in [7, 11) is 0. The number of furan rings is 1. The van der Waals surface area contributed by atoms with Crippen LogP contribution in [0.2, 0.25) is 0 Å². The Hall–Kier alpha value is -5.50. The minimum atomic E-state index is -0.0697. The lowest BCUT2D eigenvalue weighted by atomic mass is 9.82. The van der Waals surface area contributed by atoms with Gasteiger partial charge in [-0.25, -0.2) is 0 Å². The van der Waals surface area contributed by atoms with Crippen LogP contribution in [0, 0.1) is 0 Å². The molecule has 6 heteroatoms. The van der Waals surface area contributed by atoms with Crippen molar-refractivity contribution in [1.29, 1.82) is 0 Å². The molecule has 298 valence electrons. The summed E-state index contributed by atoms with van der Waals surface area (Å²) in [6.07, 6.45) is -0.0697. The van der Waals surface area contributed by atoms with Crippen molar-refractivity contribution in [2.75, 3.05) is 0 Å². The fourth-order valence-corrected chi connectivity index (χ4v) is 10.8. The Morgan fingerprint density at radius 2 is 0.806 bits per heavy atom. The van der Waals surface area contributed by atoms with E-state index in [2.05, 4.69) is 252 Å². The number of halogens is 4. The van der Waals surface area contributed by atoms with Crippen LogP contribution in [0.15, 0.2) is 216 Å². The van der Waals surface area contributed by atoms with Crippen LogP contribution in [0.5, 0.6) is 5.75 Å². The van der Waals surface area contributed by atoms with E-state index in [0.29, 0.717) is 0 Å². The summed E-state index contributed by atoms with van der Waals surface area (Å²) in [4.78, 5) is 0. The number of benzene rings is 10. The minimum Gasteiger partial charge on any atom is -0.484 e. The minimum absolute atomic E-state index is 0.0697. The van der Waals surface area contributed by atoms with Crippen molar-refractivity contribution in [3.05, 3.63) is 229 Å². The monoisotopic (exact) mass is 1050 g/mol. The highest BCUT2D eigenvalue weighted by atomic mass is 79.9. The van der Waals surface area contributed by atoms with Gasteiger partial charge in [-0.2, -0.15) is 0 Å². The van der Waals surface area contributed by atoms with Crippen LogP contribution in [0.25, 0.3) is 76.5 Å². The van der Waals surface area contributed by atoms with Crippen molar-refractivity contribution >= 4 is 118 Å². The average Bonchev–Trinajstić information content (AvgIpc) is 3.92. The number of ether oxygens (including phenoxy) is 1. The zero-order chi connectivity index (χ0) is 41.9. The van der Waals surface area contributed by atoms with Gasteiger partial charge in [-0.05, 0) is 110 Å². The molecule has 2 unspecified atom stereocenters. The number of fused-ring (bicyclic) bond motifs is 12. The third-order valence-electron chi connectivity index (χ3n) is 12.0. The molecule has 10 aromatic carbocycles. The topological polar surface area (TPSA) is 22.4 Å². The molecule has 2 atom stereocenters. The summed E-state index contributed by atoms with van der Waals surface area (Å²) < 4.78 is 17.8. The van der Waals surface area contributed by atoms with E-state index in [4.69, 9.17) is 9.15 Å². The molecular weight excluding hydrogens is 1020 g/mol. The summed E-state index contributed by atoms with van der Waals surface area (Å²) >= 11 is 14.7. The summed E-state index contributed by atoms with van der Waals surface area (Å²) in [5.41, 5.74) is 8.04. The lowest BCUT2D eigenvalue weighted by Crippen LogP contribution is -2.11. The van der Waals surface area contributed by atoms with E-state index in [-0.39, 0.29) is 12.0 Å². The fraction of sp³-hybridized carbons (Fsp3) is 0.0357. The predicted molar refractivity (Wildman–Crippen MR) is 272 cm³/mol. The summed E-state index contributed by atoms with van der Waals surface area (Å²) in [6, 6.07) is 68.2. The Morgan fingerprint density at radius 3 is 1.39 bits per heavy atom. The van der Waals surface area contributed by atoms with Crippen molar-refractivity contribution in [3.63, 3.8) is 0 Å². The van der Waals surface area contributed by atoms with Gasteiger partial charge in [-0.3, -0.25) is 0 Å². The van der Waals surface area contributed by atoms with E-state index in [1.807, 2.05) is 6.07 Å². The largest absolute Gasteiger partial charge is 0.484 e. The van der Waals surface area contributed by atoms with E-state index >= 15 is 0 Å². The molecule has 12 rings (SSSR count). The molecule has 0 amide bonds. The molecule has 1 aliphatic rings. The zero-order valence-corrected chi connectivity index (χ0v) is 39.3. The Morgan fingerprint density at radius 1 is 0.371 bits per heavy atom. The molecule has 2 heterocycles. The highest BCUT2D eigenvalue weighted by Gasteiger charge is 2.39. The van der Waals surface area contributed by atoms with E-state index < -0.39 is 0 Å². The third-order valence-corrected chi connectivity index (χ3v) is 13.9. The van der Waals surface area contributed by atoms with Crippen LogP contribution in [0.1, 0.15) is 28.7 Å². The molecule has 0 spiro atoms. The molecule has 62 heavy (non-hydrogen) atoms. The number of hydrogen-bond donors (Lipinski definition) is 0. The summed E-state index contributed by atoms with van der Waals surface area (Å²) in [6.45, 7) is 0. The lowest BCUT2D eigenvalue weighted by molar-refractivity contribution is 0.224. The van der Waals surface area contributed by atoms with Gasteiger partial charge in [-0.1, -0.05) is 197 Å².